The standard InChI is InChI=1S/C13H12IN7O2/c1-19(13(22)23)8-4-20(5-8)11-12-18-16-6-21(12)9-2-7(14)3-15-10(9)17-11/h2-3,6,8H,4-5H2,1H3,(H,22,23). The molecule has 0 aliphatic carbocycles. The molecule has 4 rings (SSSR count). The number of amides is 1. The van der Waals surface area contributed by atoms with E-state index >= 15 is 0 Å². The Bertz CT molecular complexity index is 921. The number of hydrogen-bond donors (Lipinski definition) is 1. The van der Waals surface area contributed by atoms with Crippen molar-refractivity contribution < 1.29 is 9.90 Å². The molecular weight excluding hydrogens is 413 g/mol. The quantitative estimate of drug-likeness (QED) is 0.614. The molecule has 3 aromatic heterocycles. The van der Waals surface area contributed by atoms with Crippen LogP contribution < -0.4 is 4.90 Å². The Kier molecular flexibility index (Phi) is 3.21. The van der Waals surface area contributed by atoms with Gasteiger partial charge < -0.3 is 14.9 Å². The minimum Gasteiger partial charge on any atom is -0.465 e. The molecule has 118 valence electrons. The normalized spacial score (nSPS) is 15.1. The summed E-state index contributed by atoms with van der Waals surface area (Å²) in [7, 11) is 1.58. The van der Waals surface area contributed by atoms with E-state index in [0.29, 0.717) is 30.2 Å². The van der Waals surface area contributed by atoms with Crippen LogP contribution in [-0.2, 0) is 0 Å². The molecule has 0 spiro atoms. The molecule has 3 aromatic rings. The number of carboxylic acid groups (broad SMARTS) is 1. The first-order valence-electron chi connectivity index (χ1n) is 6.90. The molecule has 1 amide bonds. The van der Waals surface area contributed by atoms with Crippen LogP contribution in [0.1, 0.15) is 0 Å². The molecule has 23 heavy (non-hydrogen) atoms. The lowest BCUT2D eigenvalue weighted by Crippen LogP contribution is -2.60. The molecule has 1 fully saturated rings. The van der Waals surface area contributed by atoms with Crippen molar-refractivity contribution >= 4 is 51.3 Å². The zero-order valence-electron chi connectivity index (χ0n) is 12.1. The van der Waals surface area contributed by atoms with Crippen LogP contribution in [0.5, 0.6) is 0 Å². The van der Waals surface area contributed by atoms with Gasteiger partial charge >= 0.3 is 6.09 Å². The van der Waals surface area contributed by atoms with Gasteiger partial charge in [0.05, 0.1) is 11.6 Å². The maximum Gasteiger partial charge on any atom is 0.407 e. The van der Waals surface area contributed by atoms with E-state index in [-0.39, 0.29) is 6.04 Å². The number of likely N-dealkylation sites (N-methyl/N-ethyl adjacent to an activating group) is 1. The number of halogens is 1. The molecule has 0 unspecified atom stereocenters. The Hall–Kier alpha value is -2.24. The maximum atomic E-state index is 11.0. The summed E-state index contributed by atoms with van der Waals surface area (Å²) in [5.41, 5.74) is 2.11. The van der Waals surface area contributed by atoms with Crippen molar-refractivity contribution in [1.82, 2.24) is 29.5 Å². The summed E-state index contributed by atoms with van der Waals surface area (Å²) < 4.78 is 2.87. The highest BCUT2D eigenvalue weighted by Gasteiger charge is 2.35. The van der Waals surface area contributed by atoms with Crippen LogP contribution in [0.3, 0.4) is 0 Å². The van der Waals surface area contributed by atoms with Crippen LogP contribution in [0.2, 0.25) is 0 Å². The zero-order chi connectivity index (χ0) is 16.1. The summed E-state index contributed by atoms with van der Waals surface area (Å²) in [4.78, 5) is 23.3. The van der Waals surface area contributed by atoms with E-state index in [0.717, 1.165) is 9.09 Å². The molecule has 9 nitrogen and oxygen atoms in total. The summed E-state index contributed by atoms with van der Waals surface area (Å²) in [5.74, 6) is 0.679. The third kappa shape index (κ3) is 2.24. The average molecular weight is 425 g/mol. The number of pyridine rings is 1. The number of nitrogens with zero attached hydrogens (tertiary/aromatic N) is 7. The number of aromatic nitrogens is 5. The number of anilines is 1. The van der Waals surface area contributed by atoms with Crippen LogP contribution in [0.4, 0.5) is 10.6 Å². The minimum absolute atomic E-state index is 0.0438. The predicted octanol–water partition coefficient (Wildman–Crippen LogP) is 1.08. The van der Waals surface area contributed by atoms with Crippen molar-refractivity contribution in [2.75, 3.05) is 25.0 Å². The molecule has 4 heterocycles. The predicted molar refractivity (Wildman–Crippen MR) is 90.6 cm³/mol. The lowest BCUT2D eigenvalue weighted by molar-refractivity contribution is 0.130. The number of carbonyl (C=O) groups is 1. The van der Waals surface area contributed by atoms with E-state index in [9.17, 15) is 4.79 Å². The van der Waals surface area contributed by atoms with Crippen molar-refractivity contribution in [2.45, 2.75) is 6.04 Å². The second-order valence-electron chi connectivity index (χ2n) is 5.41. The lowest BCUT2D eigenvalue weighted by Gasteiger charge is -2.43. The smallest absolute Gasteiger partial charge is 0.407 e. The molecule has 0 bridgehead atoms. The van der Waals surface area contributed by atoms with E-state index < -0.39 is 6.09 Å². The number of fused-ring (bicyclic) bond motifs is 3. The number of hydrogen-bond acceptors (Lipinski definition) is 6. The fourth-order valence-corrected chi connectivity index (χ4v) is 3.07. The third-order valence-electron chi connectivity index (χ3n) is 4.04. The Balaban J connectivity index is 1.75. The lowest BCUT2D eigenvalue weighted by atomic mass is 10.1. The van der Waals surface area contributed by atoms with Gasteiger partial charge in [-0.25, -0.2) is 14.8 Å². The van der Waals surface area contributed by atoms with Gasteiger partial charge in [0.25, 0.3) is 0 Å². The summed E-state index contributed by atoms with van der Waals surface area (Å²) in [5, 5.41) is 17.2. The molecule has 10 heteroatoms. The molecule has 1 N–H and O–H groups in total. The zero-order valence-corrected chi connectivity index (χ0v) is 14.2. The molecule has 0 saturated carbocycles. The van der Waals surface area contributed by atoms with Crippen LogP contribution in [0, 0.1) is 3.57 Å². The molecular formula is C13H12IN7O2. The Morgan fingerprint density at radius 1 is 1.48 bits per heavy atom. The van der Waals surface area contributed by atoms with E-state index in [4.69, 9.17) is 5.11 Å². The van der Waals surface area contributed by atoms with Gasteiger partial charge in [-0.2, -0.15) is 0 Å². The van der Waals surface area contributed by atoms with Crippen molar-refractivity contribution in [3.63, 3.8) is 0 Å². The second-order valence-corrected chi connectivity index (χ2v) is 6.65. The van der Waals surface area contributed by atoms with Crippen LogP contribution in [0.25, 0.3) is 16.8 Å². The highest BCUT2D eigenvalue weighted by Crippen LogP contribution is 2.27. The van der Waals surface area contributed by atoms with Gasteiger partial charge in [0.1, 0.15) is 6.33 Å². The van der Waals surface area contributed by atoms with Crippen molar-refractivity contribution in [1.29, 1.82) is 0 Å². The van der Waals surface area contributed by atoms with Gasteiger partial charge in [-0.15, -0.1) is 10.2 Å². The van der Waals surface area contributed by atoms with E-state index in [1.807, 2.05) is 15.4 Å². The molecule has 0 radical (unpaired) electrons. The van der Waals surface area contributed by atoms with Crippen LogP contribution in [0.15, 0.2) is 18.6 Å². The Labute approximate surface area is 144 Å². The highest BCUT2D eigenvalue weighted by molar-refractivity contribution is 14.1. The largest absolute Gasteiger partial charge is 0.465 e. The van der Waals surface area contributed by atoms with E-state index in [1.54, 1.807) is 19.6 Å². The molecule has 1 aliphatic rings. The van der Waals surface area contributed by atoms with Gasteiger partial charge in [0.2, 0.25) is 5.65 Å². The highest BCUT2D eigenvalue weighted by atomic mass is 127. The van der Waals surface area contributed by atoms with E-state index in [1.165, 1.54) is 4.90 Å². The Morgan fingerprint density at radius 3 is 3.00 bits per heavy atom. The van der Waals surface area contributed by atoms with Gasteiger partial charge in [-0.3, -0.25) is 4.40 Å². The summed E-state index contributed by atoms with van der Waals surface area (Å²) in [6.45, 7) is 1.16. The van der Waals surface area contributed by atoms with Crippen molar-refractivity contribution in [2.24, 2.45) is 0 Å². The van der Waals surface area contributed by atoms with Crippen molar-refractivity contribution in [3.8, 4) is 0 Å². The molecule has 0 aromatic carbocycles. The maximum absolute atomic E-state index is 11.0. The summed E-state index contributed by atoms with van der Waals surface area (Å²) in [6, 6.07) is 1.94. The van der Waals surface area contributed by atoms with E-state index in [2.05, 4.69) is 42.8 Å². The fourth-order valence-electron chi connectivity index (χ4n) is 2.64. The minimum atomic E-state index is -0.926. The monoisotopic (exact) mass is 425 g/mol. The summed E-state index contributed by atoms with van der Waals surface area (Å²) >= 11 is 2.20. The van der Waals surface area contributed by atoms with Crippen LogP contribution >= 0.6 is 22.6 Å². The van der Waals surface area contributed by atoms with Crippen LogP contribution in [-0.4, -0.2) is 66.8 Å². The van der Waals surface area contributed by atoms with Gasteiger partial charge in [-0.1, -0.05) is 0 Å². The average Bonchev–Trinajstić information content (AvgIpc) is 2.95. The van der Waals surface area contributed by atoms with Gasteiger partial charge in [0.15, 0.2) is 11.5 Å². The molecule has 0 atom stereocenters. The first kappa shape index (κ1) is 14.4. The third-order valence-corrected chi connectivity index (χ3v) is 4.63. The first-order valence-corrected chi connectivity index (χ1v) is 7.98. The molecule has 1 saturated heterocycles. The SMILES string of the molecule is CN(C(=O)O)C1CN(c2nc3ncc(I)cc3n3cnnc23)C1. The number of rotatable bonds is 2. The molecule has 1 aliphatic heterocycles. The first-order chi connectivity index (χ1) is 11.0. The van der Waals surface area contributed by atoms with Gasteiger partial charge in [-0.05, 0) is 28.7 Å². The Morgan fingerprint density at radius 2 is 2.26 bits per heavy atom. The summed E-state index contributed by atoms with van der Waals surface area (Å²) in [6.07, 6.45) is 2.47. The topological polar surface area (TPSA) is 99.8 Å². The van der Waals surface area contributed by atoms with Crippen molar-refractivity contribution in [3.05, 3.63) is 22.2 Å². The van der Waals surface area contributed by atoms with Gasteiger partial charge in [0, 0.05) is 29.9 Å². The second kappa shape index (κ2) is 5.15. The fraction of sp³-hybridized carbons (Fsp3) is 0.308.